The van der Waals surface area contributed by atoms with Gasteiger partial charge < -0.3 is 15.3 Å². The maximum Gasteiger partial charge on any atom is 0.227 e. The van der Waals surface area contributed by atoms with E-state index >= 15 is 0 Å². The Kier molecular flexibility index (Phi) is 5.67. The molecule has 21 heavy (non-hydrogen) atoms. The molecule has 1 saturated carbocycles. The fourth-order valence-corrected chi connectivity index (χ4v) is 3.54. The molecule has 2 aliphatic rings. The predicted octanol–water partition coefficient (Wildman–Crippen LogP) is 2.16. The van der Waals surface area contributed by atoms with E-state index in [2.05, 4.69) is 5.32 Å². The third-order valence-corrected chi connectivity index (χ3v) is 4.87. The SMILES string of the molecule is CC(C)(C)C(=O)N1CCC(NCC2CCCC(O)C2)CC1. The molecule has 122 valence electrons. The summed E-state index contributed by atoms with van der Waals surface area (Å²) in [7, 11) is 0. The zero-order chi connectivity index (χ0) is 15.5. The van der Waals surface area contributed by atoms with Gasteiger partial charge in [-0.3, -0.25) is 4.79 Å². The zero-order valence-electron chi connectivity index (χ0n) is 13.9. The minimum Gasteiger partial charge on any atom is -0.393 e. The van der Waals surface area contributed by atoms with E-state index in [0.29, 0.717) is 12.0 Å². The molecule has 2 unspecified atom stereocenters. The quantitative estimate of drug-likeness (QED) is 0.839. The first-order chi connectivity index (χ1) is 9.86. The summed E-state index contributed by atoms with van der Waals surface area (Å²) >= 11 is 0. The Hall–Kier alpha value is -0.610. The number of aliphatic hydroxyl groups excluding tert-OH is 1. The fourth-order valence-electron chi connectivity index (χ4n) is 3.54. The van der Waals surface area contributed by atoms with Gasteiger partial charge in [0.2, 0.25) is 5.91 Å². The molecule has 0 bridgehead atoms. The first-order valence-electron chi connectivity index (χ1n) is 8.57. The molecule has 2 rings (SSSR count). The van der Waals surface area contributed by atoms with Gasteiger partial charge in [-0.2, -0.15) is 0 Å². The third-order valence-electron chi connectivity index (χ3n) is 4.87. The average molecular weight is 296 g/mol. The summed E-state index contributed by atoms with van der Waals surface area (Å²) < 4.78 is 0. The number of aliphatic hydroxyl groups is 1. The van der Waals surface area contributed by atoms with Gasteiger partial charge in [-0.25, -0.2) is 0 Å². The Morgan fingerprint density at radius 2 is 1.86 bits per heavy atom. The maximum absolute atomic E-state index is 12.2. The van der Waals surface area contributed by atoms with Crippen LogP contribution in [-0.4, -0.2) is 47.7 Å². The number of amides is 1. The Labute approximate surface area is 129 Å². The van der Waals surface area contributed by atoms with Crippen molar-refractivity contribution in [2.45, 2.75) is 71.4 Å². The molecule has 0 aromatic rings. The summed E-state index contributed by atoms with van der Waals surface area (Å²) in [4.78, 5) is 14.3. The first-order valence-corrected chi connectivity index (χ1v) is 8.57. The zero-order valence-corrected chi connectivity index (χ0v) is 13.9. The number of hydrogen-bond donors (Lipinski definition) is 2. The molecule has 0 spiro atoms. The van der Waals surface area contributed by atoms with Crippen molar-refractivity contribution in [3.63, 3.8) is 0 Å². The highest BCUT2D eigenvalue weighted by atomic mass is 16.3. The third kappa shape index (κ3) is 4.96. The van der Waals surface area contributed by atoms with Gasteiger partial charge in [-0.05, 0) is 44.6 Å². The molecule has 2 atom stereocenters. The minimum absolute atomic E-state index is 0.0863. The molecule has 1 aliphatic heterocycles. The van der Waals surface area contributed by atoms with Crippen LogP contribution in [0.2, 0.25) is 0 Å². The summed E-state index contributed by atoms with van der Waals surface area (Å²) in [6.07, 6.45) is 6.35. The van der Waals surface area contributed by atoms with Gasteiger partial charge >= 0.3 is 0 Å². The monoisotopic (exact) mass is 296 g/mol. The Balaban J connectivity index is 1.68. The Morgan fingerprint density at radius 1 is 1.19 bits per heavy atom. The van der Waals surface area contributed by atoms with Crippen molar-refractivity contribution in [1.82, 2.24) is 10.2 Å². The number of carbonyl (C=O) groups excluding carboxylic acids is 1. The van der Waals surface area contributed by atoms with Gasteiger partial charge in [0.05, 0.1) is 6.10 Å². The average Bonchev–Trinajstić information content (AvgIpc) is 2.44. The number of likely N-dealkylation sites (tertiary alicyclic amines) is 1. The van der Waals surface area contributed by atoms with Crippen molar-refractivity contribution in [2.75, 3.05) is 19.6 Å². The van der Waals surface area contributed by atoms with Crippen molar-refractivity contribution in [3.05, 3.63) is 0 Å². The molecule has 0 aromatic carbocycles. The lowest BCUT2D eigenvalue weighted by molar-refractivity contribution is -0.140. The number of hydrogen-bond acceptors (Lipinski definition) is 3. The molecule has 4 heteroatoms. The van der Waals surface area contributed by atoms with Crippen LogP contribution in [0.5, 0.6) is 0 Å². The molecular weight excluding hydrogens is 264 g/mol. The van der Waals surface area contributed by atoms with E-state index in [1.165, 1.54) is 6.42 Å². The second-order valence-corrected chi connectivity index (χ2v) is 7.91. The summed E-state index contributed by atoms with van der Waals surface area (Å²) in [5.41, 5.74) is -0.265. The van der Waals surface area contributed by atoms with Crippen molar-refractivity contribution in [3.8, 4) is 0 Å². The highest BCUT2D eigenvalue weighted by Crippen LogP contribution is 2.24. The smallest absolute Gasteiger partial charge is 0.227 e. The van der Waals surface area contributed by atoms with Crippen LogP contribution in [0.15, 0.2) is 0 Å². The van der Waals surface area contributed by atoms with Gasteiger partial charge in [-0.15, -0.1) is 0 Å². The van der Waals surface area contributed by atoms with Crippen molar-refractivity contribution in [1.29, 1.82) is 0 Å². The molecule has 2 fully saturated rings. The van der Waals surface area contributed by atoms with Crippen LogP contribution >= 0.6 is 0 Å². The van der Waals surface area contributed by atoms with E-state index in [-0.39, 0.29) is 17.4 Å². The number of rotatable bonds is 3. The van der Waals surface area contributed by atoms with Crippen LogP contribution in [-0.2, 0) is 4.79 Å². The number of nitrogens with one attached hydrogen (secondary N) is 1. The van der Waals surface area contributed by atoms with Gasteiger partial charge in [0.25, 0.3) is 0 Å². The summed E-state index contributed by atoms with van der Waals surface area (Å²) in [5.74, 6) is 0.902. The highest BCUT2D eigenvalue weighted by molar-refractivity contribution is 5.81. The molecule has 0 aromatic heterocycles. The minimum atomic E-state index is -0.265. The van der Waals surface area contributed by atoms with Crippen LogP contribution in [0.4, 0.5) is 0 Å². The summed E-state index contributed by atoms with van der Waals surface area (Å²) in [6.45, 7) is 8.76. The topological polar surface area (TPSA) is 52.6 Å². The van der Waals surface area contributed by atoms with Crippen LogP contribution in [0.25, 0.3) is 0 Å². The van der Waals surface area contributed by atoms with Crippen LogP contribution in [0.3, 0.4) is 0 Å². The maximum atomic E-state index is 12.2. The lowest BCUT2D eigenvalue weighted by Gasteiger charge is -2.37. The predicted molar refractivity (Wildman–Crippen MR) is 85.0 cm³/mol. The van der Waals surface area contributed by atoms with Crippen LogP contribution in [0, 0.1) is 11.3 Å². The molecule has 0 radical (unpaired) electrons. The standard InChI is InChI=1S/C17H32N2O2/c1-17(2,3)16(21)19-9-7-14(8-10-19)18-12-13-5-4-6-15(20)11-13/h13-15,18,20H,4-12H2,1-3H3. The number of carbonyl (C=O) groups is 1. The van der Waals surface area contributed by atoms with Crippen LogP contribution in [0.1, 0.15) is 59.3 Å². The first kappa shape index (κ1) is 16.8. The van der Waals surface area contributed by atoms with Crippen LogP contribution < -0.4 is 5.32 Å². The molecular formula is C17H32N2O2. The van der Waals surface area contributed by atoms with E-state index in [1.807, 2.05) is 25.7 Å². The lowest BCUT2D eigenvalue weighted by Crippen LogP contribution is -2.49. The Morgan fingerprint density at radius 3 is 2.43 bits per heavy atom. The van der Waals surface area contributed by atoms with E-state index in [9.17, 15) is 9.90 Å². The molecule has 1 saturated heterocycles. The van der Waals surface area contributed by atoms with E-state index in [0.717, 1.165) is 51.7 Å². The van der Waals surface area contributed by atoms with Gasteiger partial charge in [0, 0.05) is 24.5 Å². The Bertz CT molecular complexity index is 343. The van der Waals surface area contributed by atoms with Crippen molar-refractivity contribution in [2.24, 2.45) is 11.3 Å². The largest absolute Gasteiger partial charge is 0.393 e. The van der Waals surface area contributed by atoms with Gasteiger partial charge in [0.15, 0.2) is 0 Å². The van der Waals surface area contributed by atoms with Crippen molar-refractivity contribution >= 4 is 5.91 Å². The highest BCUT2D eigenvalue weighted by Gasteiger charge is 2.30. The van der Waals surface area contributed by atoms with E-state index < -0.39 is 0 Å². The fraction of sp³-hybridized carbons (Fsp3) is 0.941. The second-order valence-electron chi connectivity index (χ2n) is 7.91. The molecule has 4 nitrogen and oxygen atoms in total. The normalized spacial score (nSPS) is 28.7. The lowest BCUT2D eigenvalue weighted by atomic mass is 9.87. The van der Waals surface area contributed by atoms with Gasteiger partial charge in [-0.1, -0.05) is 27.2 Å². The van der Waals surface area contributed by atoms with E-state index in [1.54, 1.807) is 0 Å². The second kappa shape index (κ2) is 7.10. The van der Waals surface area contributed by atoms with Gasteiger partial charge in [0.1, 0.15) is 0 Å². The summed E-state index contributed by atoms with van der Waals surface area (Å²) in [6, 6.07) is 0.535. The van der Waals surface area contributed by atoms with Crippen molar-refractivity contribution < 1.29 is 9.90 Å². The van der Waals surface area contributed by atoms with E-state index in [4.69, 9.17) is 0 Å². The molecule has 1 heterocycles. The summed E-state index contributed by atoms with van der Waals surface area (Å²) in [5, 5.41) is 13.4. The number of nitrogens with zero attached hydrogens (tertiary/aromatic N) is 1. The number of piperidine rings is 1. The molecule has 1 amide bonds. The molecule has 2 N–H and O–H groups in total. The molecule has 1 aliphatic carbocycles.